The van der Waals surface area contributed by atoms with Crippen molar-refractivity contribution < 1.29 is 4.42 Å². The number of aromatic nitrogens is 1. The van der Waals surface area contributed by atoms with Crippen LogP contribution in [0.5, 0.6) is 0 Å². The zero-order chi connectivity index (χ0) is 10.5. The van der Waals surface area contributed by atoms with Crippen LogP contribution in [0.1, 0.15) is 17.0 Å². The third-order valence-corrected chi connectivity index (χ3v) is 2.29. The van der Waals surface area contributed by atoms with Crippen LogP contribution in [-0.4, -0.2) is 4.98 Å². The summed E-state index contributed by atoms with van der Waals surface area (Å²) >= 11 is 0. The van der Waals surface area contributed by atoms with Crippen molar-refractivity contribution in [1.82, 2.24) is 10.3 Å². The maximum atomic E-state index is 5.32. The Morgan fingerprint density at radius 3 is 2.87 bits per heavy atom. The monoisotopic (exact) mass is 202 g/mol. The Morgan fingerprint density at radius 2 is 2.20 bits per heavy atom. The molecule has 0 unspecified atom stereocenters. The molecule has 0 radical (unpaired) electrons. The molecule has 1 N–H and O–H groups in total. The summed E-state index contributed by atoms with van der Waals surface area (Å²) in [6.07, 6.45) is 3.52. The Kier molecular flexibility index (Phi) is 3.15. The Hall–Kier alpha value is -1.61. The van der Waals surface area contributed by atoms with Crippen LogP contribution in [-0.2, 0) is 13.1 Å². The lowest BCUT2D eigenvalue weighted by molar-refractivity contribution is 0.479. The van der Waals surface area contributed by atoms with Gasteiger partial charge in [-0.1, -0.05) is 6.07 Å². The van der Waals surface area contributed by atoms with Gasteiger partial charge in [0.2, 0.25) is 0 Å². The van der Waals surface area contributed by atoms with Crippen molar-refractivity contribution in [1.29, 1.82) is 0 Å². The highest BCUT2D eigenvalue weighted by Gasteiger charge is 2.00. The van der Waals surface area contributed by atoms with E-state index in [4.69, 9.17) is 4.42 Å². The third-order valence-electron chi connectivity index (χ3n) is 2.29. The van der Waals surface area contributed by atoms with Crippen molar-refractivity contribution >= 4 is 0 Å². The van der Waals surface area contributed by atoms with E-state index >= 15 is 0 Å². The Bertz CT molecular complexity index is 409. The summed E-state index contributed by atoms with van der Waals surface area (Å²) in [6.45, 7) is 3.55. The van der Waals surface area contributed by atoms with Crippen LogP contribution in [0.15, 0.2) is 41.1 Å². The second-order valence-corrected chi connectivity index (χ2v) is 3.45. The molecule has 2 aromatic rings. The van der Waals surface area contributed by atoms with Gasteiger partial charge in [-0.2, -0.15) is 0 Å². The minimum atomic E-state index is 0.745. The highest BCUT2D eigenvalue weighted by Crippen LogP contribution is 2.07. The average Bonchev–Trinajstić information content (AvgIpc) is 2.66. The van der Waals surface area contributed by atoms with Crippen molar-refractivity contribution in [3.05, 3.63) is 53.7 Å². The van der Waals surface area contributed by atoms with E-state index in [0.29, 0.717) is 0 Å². The molecule has 0 aliphatic heterocycles. The third kappa shape index (κ3) is 2.67. The van der Waals surface area contributed by atoms with E-state index in [0.717, 1.165) is 24.5 Å². The smallest absolute Gasteiger partial charge is 0.120 e. The van der Waals surface area contributed by atoms with Crippen LogP contribution in [0.3, 0.4) is 0 Å². The molecule has 3 heteroatoms. The molecular weight excluding hydrogens is 188 g/mol. The molecule has 0 fully saturated rings. The average molecular weight is 202 g/mol. The van der Waals surface area contributed by atoms with Crippen LogP contribution < -0.4 is 5.32 Å². The molecule has 0 spiro atoms. The molecule has 15 heavy (non-hydrogen) atoms. The van der Waals surface area contributed by atoms with Gasteiger partial charge in [0.05, 0.1) is 18.5 Å². The predicted octanol–water partition coefficient (Wildman–Crippen LogP) is 2.27. The van der Waals surface area contributed by atoms with E-state index in [1.807, 2.05) is 31.2 Å². The normalized spacial score (nSPS) is 10.5. The minimum absolute atomic E-state index is 0.745. The molecule has 0 aromatic carbocycles. The van der Waals surface area contributed by atoms with E-state index in [1.165, 1.54) is 5.56 Å². The van der Waals surface area contributed by atoms with E-state index < -0.39 is 0 Å². The topological polar surface area (TPSA) is 38.1 Å². The van der Waals surface area contributed by atoms with Crippen molar-refractivity contribution in [2.45, 2.75) is 20.0 Å². The first-order valence-electron chi connectivity index (χ1n) is 5.00. The summed E-state index contributed by atoms with van der Waals surface area (Å²) in [5.41, 5.74) is 2.23. The summed E-state index contributed by atoms with van der Waals surface area (Å²) in [5, 5.41) is 3.29. The largest absolute Gasteiger partial charge is 0.468 e. The first-order chi connectivity index (χ1) is 7.36. The second-order valence-electron chi connectivity index (χ2n) is 3.45. The van der Waals surface area contributed by atoms with E-state index in [2.05, 4.69) is 10.3 Å². The van der Waals surface area contributed by atoms with Gasteiger partial charge in [0.1, 0.15) is 5.76 Å². The van der Waals surface area contributed by atoms with Crippen LogP contribution in [0.2, 0.25) is 0 Å². The van der Waals surface area contributed by atoms with Crippen LogP contribution in [0, 0.1) is 6.92 Å². The standard InChI is InChI=1S/C12H14N2O/c1-10-5-7-15-12(10)9-13-8-11-4-2-3-6-14-11/h2-7,13H,8-9H2,1H3. The molecule has 78 valence electrons. The molecule has 0 aliphatic carbocycles. The van der Waals surface area contributed by atoms with Gasteiger partial charge in [-0.05, 0) is 30.7 Å². The maximum absolute atomic E-state index is 5.32. The molecule has 0 aliphatic rings. The minimum Gasteiger partial charge on any atom is -0.468 e. The first-order valence-corrected chi connectivity index (χ1v) is 5.00. The lowest BCUT2D eigenvalue weighted by Gasteiger charge is -2.02. The van der Waals surface area contributed by atoms with Crippen LogP contribution in [0.25, 0.3) is 0 Å². The fourth-order valence-corrected chi connectivity index (χ4v) is 1.39. The molecule has 2 aromatic heterocycles. The number of aryl methyl sites for hydroxylation is 1. The second kappa shape index (κ2) is 4.75. The fraction of sp³-hybridized carbons (Fsp3) is 0.250. The molecule has 0 saturated carbocycles. The predicted molar refractivity (Wildman–Crippen MR) is 58.2 cm³/mol. The number of hydrogen-bond acceptors (Lipinski definition) is 3. The molecular formula is C12H14N2O. The van der Waals surface area contributed by atoms with Crippen molar-refractivity contribution in [3.63, 3.8) is 0 Å². The molecule has 2 rings (SSSR count). The van der Waals surface area contributed by atoms with Gasteiger partial charge < -0.3 is 9.73 Å². The van der Waals surface area contributed by atoms with Gasteiger partial charge in [0.25, 0.3) is 0 Å². The number of furan rings is 1. The van der Waals surface area contributed by atoms with E-state index in [1.54, 1.807) is 12.5 Å². The summed E-state index contributed by atoms with van der Waals surface area (Å²) < 4.78 is 5.32. The first kappa shape index (κ1) is 9.93. The summed E-state index contributed by atoms with van der Waals surface area (Å²) in [6, 6.07) is 7.88. The van der Waals surface area contributed by atoms with Gasteiger partial charge in [0.15, 0.2) is 0 Å². The zero-order valence-electron chi connectivity index (χ0n) is 8.73. The highest BCUT2D eigenvalue weighted by atomic mass is 16.3. The van der Waals surface area contributed by atoms with Gasteiger partial charge in [-0.3, -0.25) is 4.98 Å². The van der Waals surface area contributed by atoms with Gasteiger partial charge in [-0.25, -0.2) is 0 Å². The Labute approximate surface area is 89.1 Å². The van der Waals surface area contributed by atoms with E-state index in [9.17, 15) is 0 Å². The number of rotatable bonds is 4. The van der Waals surface area contributed by atoms with Crippen molar-refractivity contribution in [2.24, 2.45) is 0 Å². The van der Waals surface area contributed by atoms with Crippen LogP contribution >= 0.6 is 0 Å². The lowest BCUT2D eigenvalue weighted by Crippen LogP contribution is -2.13. The molecule has 0 saturated heterocycles. The molecule has 3 nitrogen and oxygen atoms in total. The Balaban J connectivity index is 1.83. The summed E-state index contributed by atoms with van der Waals surface area (Å²) in [7, 11) is 0. The van der Waals surface area contributed by atoms with Gasteiger partial charge in [-0.15, -0.1) is 0 Å². The number of nitrogens with one attached hydrogen (secondary N) is 1. The highest BCUT2D eigenvalue weighted by molar-refractivity contribution is 5.14. The van der Waals surface area contributed by atoms with Crippen LogP contribution in [0.4, 0.5) is 0 Å². The zero-order valence-corrected chi connectivity index (χ0v) is 8.73. The number of nitrogens with zero attached hydrogens (tertiary/aromatic N) is 1. The van der Waals surface area contributed by atoms with E-state index in [-0.39, 0.29) is 0 Å². The number of hydrogen-bond donors (Lipinski definition) is 1. The quantitative estimate of drug-likeness (QED) is 0.826. The SMILES string of the molecule is Cc1ccoc1CNCc1ccccn1. The summed E-state index contributed by atoms with van der Waals surface area (Å²) in [4.78, 5) is 4.23. The number of pyridine rings is 1. The summed E-state index contributed by atoms with van der Waals surface area (Å²) in [5.74, 6) is 0.992. The van der Waals surface area contributed by atoms with Gasteiger partial charge in [0, 0.05) is 12.7 Å². The molecule has 2 heterocycles. The molecule has 0 amide bonds. The van der Waals surface area contributed by atoms with Crippen molar-refractivity contribution in [2.75, 3.05) is 0 Å². The van der Waals surface area contributed by atoms with Gasteiger partial charge >= 0.3 is 0 Å². The molecule has 0 atom stereocenters. The molecule has 0 bridgehead atoms. The van der Waals surface area contributed by atoms with Crippen molar-refractivity contribution in [3.8, 4) is 0 Å². The Morgan fingerprint density at radius 1 is 1.27 bits per heavy atom. The maximum Gasteiger partial charge on any atom is 0.120 e. The lowest BCUT2D eigenvalue weighted by atomic mass is 10.3. The fourth-order valence-electron chi connectivity index (χ4n) is 1.39.